The summed E-state index contributed by atoms with van der Waals surface area (Å²) in [6, 6.07) is 16.8. The van der Waals surface area contributed by atoms with Gasteiger partial charge in [0.2, 0.25) is 0 Å². The van der Waals surface area contributed by atoms with Crippen molar-refractivity contribution in [2.45, 2.75) is 23.3 Å². The number of sulfonamides is 1. The summed E-state index contributed by atoms with van der Waals surface area (Å²) in [6.07, 6.45) is 4.87. The molecule has 0 bridgehead atoms. The van der Waals surface area contributed by atoms with Crippen molar-refractivity contribution >= 4 is 33.1 Å². The van der Waals surface area contributed by atoms with Gasteiger partial charge in [-0.25, -0.2) is 13.2 Å². The number of aromatic carboxylic acids is 1. The number of hydrogen-bond donors (Lipinski definition) is 3. The molecule has 0 saturated carbocycles. The number of nitrogens with zero attached hydrogens (tertiary/aromatic N) is 1. The average molecular weight is 492 g/mol. The first-order valence-corrected chi connectivity index (χ1v) is 12.4. The SMILES string of the molecule is O=C(O)c1ccc(NS(=O)(=O)c2ccc3c(c2)C2C=CCC2[C@@H](c2cccc([N+](=O)[O-])c2)N3)cc1. The summed E-state index contributed by atoms with van der Waals surface area (Å²) in [6.45, 7) is 0. The number of fused-ring (bicyclic) bond motifs is 3. The molecule has 5 rings (SSSR count). The Morgan fingerprint density at radius 1 is 1.09 bits per heavy atom. The molecular weight excluding hydrogens is 470 g/mol. The van der Waals surface area contributed by atoms with Gasteiger partial charge in [0.15, 0.2) is 0 Å². The lowest BCUT2D eigenvalue weighted by molar-refractivity contribution is -0.384. The Bertz CT molecular complexity index is 1470. The lowest BCUT2D eigenvalue weighted by Gasteiger charge is -2.37. The van der Waals surface area contributed by atoms with Crippen LogP contribution in [-0.2, 0) is 10.0 Å². The minimum Gasteiger partial charge on any atom is -0.478 e. The lowest BCUT2D eigenvalue weighted by Crippen LogP contribution is -2.29. The van der Waals surface area contributed by atoms with Crippen LogP contribution in [0.15, 0.2) is 83.8 Å². The quantitative estimate of drug-likeness (QED) is 0.253. The van der Waals surface area contributed by atoms with Crippen LogP contribution in [0.2, 0.25) is 0 Å². The van der Waals surface area contributed by atoms with Crippen molar-refractivity contribution in [3.05, 3.63) is 106 Å². The highest BCUT2D eigenvalue weighted by molar-refractivity contribution is 7.92. The van der Waals surface area contributed by atoms with E-state index in [4.69, 9.17) is 5.11 Å². The van der Waals surface area contributed by atoms with Crippen molar-refractivity contribution in [1.82, 2.24) is 0 Å². The maximum Gasteiger partial charge on any atom is 0.335 e. The Morgan fingerprint density at radius 3 is 2.57 bits per heavy atom. The van der Waals surface area contributed by atoms with Crippen molar-refractivity contribution in [3.63, 3.8) is 0 Å². The number of rotatable bonds is 6. The van der Waals surface area contributed by atoms with Gasteiger partial charge in [-0.15, -0.1) is 0 Å². The van der Waals surface area contributed by atoms with Gasteiger partial charge in [-0.3, -0.25) is 14.8 Å². The fourth-order valence-corrected chi connectivity index (χ4v) is 5.89. The molecule has 1 heterocycles. The fourth-order valence-electron chi connectivity index (χ4n) is 4.80. The van der Waals surface area contributed by atoms with Crippen LogP contribution in [0.5, 0.6) is 0 Å². The fraction of sp³-hybridized carbons (Fsp3) is 0.160. The van der Waals surface area contributed by atoms with E-state index in [1.54, 1.807) is 24.3 Å². The summed E-state index contributed by atoms with van der Waals surface area (Å²) in [5.41, 5.74) is 2.78. The van der Waals surface area contributed by atoms with Crippen LogP contribution in [0, 0.1) is 16.0 Å². The third-order valence-corrected chi connectivity index (χ3v) is 7.85. The monoisotopic (exact) mass is 491 g/mol. The van der Waals surface area contributed by atoms with Crippen LogP contribution < -0.4 is 10.0 Å². The van der Waals surface area contributed by atoms with E-state index in [-0.39, 0.29) is 39.7 Å². The van der Waals surface area contributed by atoms with Gasteiger partial charge in [0.1, 0.15) is 0 Å². The van der Waals surface area contributed by atoms with Gasteiger partial charge < -0.3 is 10.4 Å². The molecule has 0 saturated heterocycles. The molecule has 3 aromatic rings. The number of allylic oxidation sites excluding steroid dienone is 2. The molecule has 178 valence electrons. The number of hydrogen-bond acceptors (Lipinski definition) is 6. The van der Waals surface area contributed by atoms with Gasteiger partial charge in [-0.1, -0.05) is 24.3 Å². The summed E-state index contributed by atoms with van der Waals surface area (Å²) in [4.78, 5) is 22.0. The molecule has 2 unspecified atom stereocenters. The van der Waals surface area contributed by atoms with E-state index in [0.717, 1.165) is 23.2 Å². The Balaban J connectivity index is 1.45. The van der Waals surface area contributed by atoms with Gasteiger partial charge in [0, 0.05) is 29.4 Å². The Morgan fingerprint density at radius 2 is 1.86 bits per heavy atom. The molecular formula is C25H21N3O6S. The van der Waals surface area contributed by atoms with Gasteiger partial charge in [0.25, 0.3) is 15.7 Å². The Labute approximate surface area is 201 Å². The van der Waals surface area contributed by atoms with E-state index in [1.807, 2.05) is 6.07 Å². The molecule has 0 amide bonds. The summed E-state index contributed by atoms with van der Waals surface area (Å²) < 4.78 is 28.6. The molecule has 10 heteroatoms. The van der Waals surface area contributed by atoms with Crippen molar-refractivity contribution in [2.75, 3.05) is 10.0 Å². The van der Waals surface area contributed by atoms with Crippen LogP contribution in [0.1, 0.15) is 39.9 Å². The lowest BCUT2D eigenvalue weighted by atomic mass is 9.77. The zero-order valence-electron chi connectivity index (χ0n) is 18.3. The van der Waals surface area contributed by atoms with E-state index in [0.29, 0.717) is 0 Å². The highest BCUT2D eigenvalue weighted by Crippen LogP contribution is 2.50. The minimum absolute atomic E-state index is 0.0292. The minimum atomic E-state index is -3.91. The first-order chi connectivity index (χ1) is 16.7. The van der Waals surface area contributed by atoms with E-state index in [2.05, 4.69) is 22.2 Å². The largest absolute Gasteiger partial charge is 0.478 e. The Kier molecular flexibility index (Phi) is 5.52. The number of nitrogens with one attached hydrogen (secondary N) is 2. The molecule has 3 aromatic carbocycles. The van der Waals surface area contributed by atoms with Crippen LogP contribution in [0.3, 0.4) is 0 Å². The number of anilines is 2. The number of non-ortho nitro benzene ring substituents is 1. The maximum absolute atomic E-state index is 13.1. The molecule has 2 aliphatic rings. The van der Waals surface area contributed by atoms with E-state index in [1.165, 1.54) is 36.4 Å². The molecule has 35 heavy (non-hydrogen) atoms. The van der Waals surface area contributed by atoms with Gasteiger partial charge in [-0.05, 0) is 65.9 Å². The molecule has 1 aliphatic heterocycles. The van der Waals surface area contributed by atoms with E-state index >= 15 is 0 Å². The smallest absolute Gasteiger partial charge is 0.335 e. The zero-order chi connectivity index (χ0) is 24.7. The number of carbonyl (C=O) groups is 1. The van der Waals surface area contributed by atoms with Gasteiger partial charge >= 0.3 is 5.97 Å². The number of benzene rings is 3. The van der Waals surface area contributed by atoms with E-state index in [9.17, 15) is 23.3 Å². The van der Waals surface area contributed by atoms with Crippen molar-refractivity contribution < 1.29 is 23.2 Å². The third kappa shape index (κ3) is 4.24. The highest BCUT2D eigenvalue weighted by Gasteiger charge is 2.38. The van der Waals surface area contributed by atoms with Crippen LogP contribution >= 0.6 is 0 Å². The van der Waals surface area contributed by atoms with Crippen molar-refractivity contribution in [1.29, 1.82) is 0 Å². The number of carboxylic acid groups (broad SMARTS) is 1. The number of nitro benzene ring substituents is 1. The molecule has 9 nitrogen and oxygen atoms in total. The van der Waals surface area contributed by atoms with Crippen molar-refractivity contribution in [2.24, 2.45) is 5.92 Å². The second-order valence-electron chi connectivity index (χ2n) is 8.56. The highest BCUT2D eigenvalue weighted by atomic mass is 32.2. The van der Waals surface area contributed by atoms with Crippen LogP contribution in [0.4, 0.5) is 17.1 Å². The second kappa shape index (κ2) is 8.55. The molecule has 0 aromatic heterocycles. The summed E-state index contributed by atoms with van der Waals surface area (Å²) >= 11 is 0. The predicted octanol–water partition coefficient (Wildman–Crippen LogP) is 4.92. The Hall–Kier alpha value is -4.18. The topological polar surface area (TPSA) is 139 Å². The molecule has 1 aliphatic carbocycles. The normalized spacial score (nSPS) is 20.4. The van der Waals surface area contributed by atoms with Crippen molar-refractivity contribution in [3.8, 4) is 0 Å². The molecule has 0 spiro atoms. The van der Waals surface area contributed by atoms with Gasteiger partial charge in [0.05, 0.1) is 21.4 Å². The maximum atomic E-state index is 13.1. The van der Waals surface area contributed by atoms with Crippen LogP contribution in [0.25, 0.3) is 0 Å². The van der Waals surface area contributed by atoms with Crippen LogP contribution in [-0.4, -0.2) is 24.4 Å². The average Bonchev–Trinajstić information content (AvgIpc) is 3.34. The second-order valence-corrected chi connectivity index (χ2v) is 10.2. The molecule has 3 N–H and O–H groups in total. The van der Waals surface area contributed by atoms with E-state index < -0.39 is 20.9 Å². The number of carboxylic acids is 1. The predicted molar refractivity (Wildman–Crippen MR) is 130 cm³/mol. The zero-order valence-corrected chi connectivity index (χ0v) is 19.1. The first-order valence-electron chi connectivity index (χ1n) is 10.9. The van der Waals surface area contributed by atoms with Gasteiger partial charge in [-0.2, -0.15) is 0 Å². The first kappa shape index (κ1) is 22.6. The number of nitro groups is 1. The molecule has 0 radical (unpaired) electrons. The summed E-state index contributed by atoms with van der Waals surface area (Å²) in [7, 11) is -3.91. The standard InChI is InChI=1S/C25H21N3O6S/c29-25(30)15-7-9-17(10-8-15)27-35(33,34)19-11-12-23-22(14-19)20-5-2-6-21(20)24(26-23)16-3-1-4-18(13-16)28(31)32/h1-5,7-14,20-21,24,26-27H,6H2,(H,29,30)/t20?,21?,24-/m1/s1. The summed E-state index contributed by atoms with van der Waals surface area (Å²) in [5, 5.41) is 23.7. The molecule has 0 fully saturated rings. The summed E-state index contributed by atoms with van der Waals surface area (Å²) in [5.74, 6) is -1.05. The third-order valence-electron chi connectivity index (χ3n) is 6.47. The molecule has 3 atom stereocenters.